The summed E-state index contributed by atoms with van der Waals surface area (Å²) in [4.78, 5) is 51.1. The van der Waals surface area contributed by atoms with Crippen molar-refractivity contribution in [3.63, 3.8) is 0 Å². The average Bonchev–Trinajstić information content (AvgIpc) is 3.80. The molecule has 0 amide bonds. The van der Waals surface area contributed by atoms with Crippen LogP contribution in [-0.4, -0.2) is 51.5 Å². The first-order valence-electron chi connectivity index (χ1n) is 17.0. The summed E-state index contributed by atoms with van der Waals surface area (Å²) in [6.07, 6.45) is 9.35. The van der Waals surface area contributed by atoms with Gasteiger partial charge in [-0.2, -0.15) is 0 Å². The normalized spacial score (nSPS) is 23.2. The maximum absolute atomic E-state index is 14.2. The molecule has 3 aliphatic rings. The number of fused-ring (bicyclic) bond motifs is 7. The van der Waals surface area contributed by atoms with E-state index in [4.69, 9.17) is 9.47 Å². The number of H-pyrrole nitrogens is 3. The van der Waals surface area contributed by atoms with Crippen LogP contribution in [0.4, 0.5) is 0 Å². The highest BCUT2D eigenvalue weighted by Gasteiger charge is 2.48. The average molecular weight is 667 g/mol. The molecule has 0 spiro atoms. The fourth-order valence-electron chi connectivity index (χ4n) is 7.62. The molecule has 1 aliphatic carbocycles. The number of hydrogen-bond acceptors (Lipinski definition) is 7. The predicted molar refractivity (Wildman–Crippen MR) is 188 cm³/mol. The van der Waals surface area contributed by atoms with Crippen LogP contribution in [0, 0.1) is 38.5 Å². The Morgan fingerprint density at radius 2 is 1.65 bits per heavy atom. The molecule has 0 unspecified atom stereocenters. The zero-order valence-corrected chi connectivity index (χ0v) is 29.6. The minimum atomic E-state index is -1.15. The standard InChI is InChI=1S/C39H46N4O6/c1-9-23-19(4)27-15-31-25(17-44)21(6)26(41-31)14-28-20(5)24(10-11-32(45)49-13-12-18(2)3)36(42-28)34-35(39(47)48-8)38(46)33-22(7)29(43-37(33)34)16-30(23)40-27/h12,14-16,20,24,35,40-44H,9-11,13,17H2,1-8H3/b27-15-,28-14-,30-16-,36-34-/t20-,24-,35+/m0/s1. The van der Waals surface area contributed by atoms with Crippen LogP contribution in [0.15, 0.2) is 23.0 Å². The van der Waals surface area contributed by atoms with Gasteiger partial charge in [0.15, 0.2) is 5.78 Å². The van der Waals surface area contributed by atoms with Crippen LogP contribution in [0.3, 0.4) is 0 Å². The summed E-state index contributed by atoms with van der Waals surface area (Å²) in [5.74, 6) is -2.77. The van der Waals surface area contributed by atoms with Gasteiger partial charge in [-0.15, -0.1) is 0 Å². The van der Waals surface area contributed by atoms with Crippen LogP contribution in [0.2, 0.25) is 0 Å². The van der Waals surface area contributed by atoms with Crippen molar-refractivity contribution in [1.29, 1.82) is 0 Å². The fourth-order valence-corrected chi connectivity index (χ4v) is 7.62. The van der Waals surface area contributed by atoms with Gasteiger partial charge < -0.3 is 34.8 Å². The van der Waals surface area contributed by atoms with Crippen molar-refractivity contribution >= 4 is 41.5 Å². The minimum absolute atomic E-state index is 0.115. The van der Waals surface area contributed by atoms with Crippen molar-refractivity contribution in [3.8, 4) is 0 Å². The largest absolute Gasteiger partial charge is 0.468 e. The Bertz CT molecular complexity index is 2100. The third-order valence-corrected chi connectivity index (χ3v) is 10.5. The van der Waals surface area contributed by atoms with Crippen molar-refractivity contribution in [2.24, 2.45) is 17.8 Å². The summed E-state index contributed by atoms with van der Waals surface area (Å²) >= 11 is 0. The molecule has 49 heavy (non-hydrogen) atoms. The van der Waals surface area contributed by atoms with E-state index in [9.17, 15) is 19.5 Å². The lowest BCUT2D eigenvalue weighted by Crippen LogP contribution is -2.25. The van der Waals surface area contributed by atoms with Gasteiger partial charge in [-0.3, -0.25) is 14.4 Å². The highest BCUT2D eigenvalue weighted by atomic mass is 16.5. The molecule has 10 nitrogen and oxygen atoms in total. The molecule has 6 rings (SSSR count). The van der Waals surface area contributed by atoms with Gasteiger partial charge in [-0.25, -0.2) is 0 Å². The lowest BCUT2D eigenvalue weighted by Gasteiger charge is -2.19. The summed E-state index contributed by atoms with van der Waals surface area (Å²) in [6, 6.07) is 0. The van der Waals surface area contributed by atoms with Gasteiger partial charge in [-0.1, -0.05) is 19.4 Å². The molecule has 0 saturated carbocycles. The summed E-state index contributed by atoms with van der Waals surface area (Å²) in [6.45, 7) is 14.1. The number of carbonyl (C=O) groups is 3. The number of rotatable bonds is 8. The third-order valence-electron chi connectivity index (χ3n) is 10.5. The first kappa shape index (κ1) is 34.0. The van der Waals surface area contributed by atoms with Crippen LogP contribution in [0.1, 0.15) is 101 Å². The number of aromatic nitrogens is 3. The van der Waals surface area contributed by atoms with E-state index in [0.29, 0.717) is 28.9 Å². The van der Waals surface area contributed by atoms with Gasteiger partial charge in [0.25, 0.3) is 0 Å². The van der Waals surface area contributed by atoms with Crippen molar-refractivity contribution < 1.29 is 29.0 Å². The van der Waals surface area contributed by atoms with Crippen molar-refractivity contribution in [3.05, 3.63) is 89.9 Å². The number of aliphatic hydroxyl groups is 1. The van der Waals surface area contributed by atoms with E-state index in [1.54, 1.807) is 0 Å². The summed E-state index contributed by atoms with van der Waals surface area (Å²) < 4.78 is 10.7. The van der Waals surface area contributed by atoms with Gasteiger partial charge in [0.2, 0.25) is 0 Å². The Morgan fingerprint density at radius 3 is 2.33 bits per heavy atom. The summed E-state index contributed by atoms with van der Waals surface area (Å²) in [5, 5.41) is 15.9. The molecule has 2 aliphatic heterocycles. The predicted octanol–water partition coefficient (Wildman–Crippen LogP) is 4.50. The Kier molecular flexibility index (Phi) is 9.19. The molecule has 3 aromatic rings. The molecule has 258 valence electrons. The molecule has 0 radical (unpaired) electrons. The summed E-state index contributed by atoms with van der Waals surface area (Å²) in [7, 11) is 1.30. The number of esters is 2. The second-order valence-electron chi connectivity index (χ2n) is 13.6. The number of hydrogen-bond donors (Lipinski definition) is 5. The van der Waals surface area contributed by atoms with Gasteiger partial charge >= 0.3 is 11.9 Å². The van der Waals surface area contributed by atoms with Gasteiger partial charge in [0.1, 0.15) is 12.5 Å². The molecule has 0 aromatic carbocycles. The van der Waals surface area contributed by atoms with E-state index >= 15 is 0 Å². The number of nitrogens with one attached hydrogen (secondary N) is 4. The Balaban J connectivity index is 1.62. The number of aliphatic hydroxyl groups excluding tert-OH is 1. The van der Waals surface area contributed by atoms with Crippen LogP contribution >= 0.6 is 0 Å². The quantitative estimate of drug-likeness (QED) is 0.135. The molecule has 5 N–H and O–H groups in total. The van der Waals surface area contributed by atoms with E-state index in [1.165, 1.54) is 7.11 Å². The van der Waals surface area contributed by atoms with Crippen LogP contribution in [0.25, 0.3) is 23.8 Å². The van der Waals surface area contributed by atoms with Crippen LogP contribution in [0.5, 0.6) is 0 Å². The number of allylic oxidation sites excluding steroid dienone is 3. The Morgan fingerprint density at radius 1 is 0.939 bits per heavy atom. The first-order valence-corrected chi connectivity index (χ1v) is 17.0. The number of ether oxygens (including phenoxy) is 2. The molecule has 5 heterocycles. The van der Waals surface area contributed by atoms with Crippen molar-refractivity contribution in [2.75, 3.05) is 13.7 Å². The molecule has 1 saturated heterocycles. The topological polar surface area (TPSA) is 149 Å². The maximum Gasteiger partial charge on any atom is 0.321 e. The number of carbonyl (C=O) groups excluding carboxylic acids is 3. The SMILES string of the molecule is CCc1c(C)/c2[nH]/c1=C\c1[nH]c3c(c1C)C(=O)[C@H](C(=O)OC)/C3=C1/N/C(=C\c3[nH]c(c(CO)c3C)\C=2)[C@@H](C)[C@@H]1CCC(=O)OCC=C(C)C. The van der Waals surface area contributed by atoms with Crippen molar-refractivity contribution in [1.82, 2.24) is 20.3 Å². The number of Topliss-reactive ketones (excluding diaryl/α,β-unsaturated/α-hetero) is 1. The van der Waals surface area contributed by atoms with Gasteiger partial charge in [0.05, 0.1) is 19.4 Å². The molecule has 3 aromatic heterocycles. The third kappa shape index (κ3) is 5.82. The zero-order chi connectivity index (χ0) is 35.3. The Labute approximate surface area is 286 Å². The second-order valence-corrected chi connectivity index (χ2v) is 13.6. The fraction of sp³-hybridized carbons (Fsp3) is 0.410. The first-order chi connectivity index (χ1) is 23.4. The van der Waals surface area contributed by atoms with Gasteiger partial charge in [0, 0.05) is 74.1 Å². The molecular weight excluding hydrogens is 620 g/mol. The minimum Gasteiger partial charge on any atom is -0.468 e. The van der Waals surface area contributed by atoms with E-state index in [-0.39, 0.29) is 43.2 Å². The second kappa shape index (κ2) is 13.2. The summed E-state index contributed by atoms with van der Waals surface area (Å²) in [5.41, 5.74) is 11.4. The Hall–Kier alpha value is -4.83. The highest BCUT2D eigenvalue weighted by Crippen LogP contribution is 2.48. The number of methoxy groups -OCH3 is 1. The molecular formula is C39H46N4O6. The van der Waals surface area contributed by atoms with E-state index in [1.807, 2.05) is 52.0 Å². The molecule has 8 bridgehead atoms. The van der Waals surface area contributed by atoms with E-state index in [2.05, 4.69) is 41.0 Å². The number of ketones is 1. The lowest BCUT2D eigenvalue weighted by atomic mass is 9.85. The molecule has 1 fully saturated rings. The smallest absolute Gasteiger partial charge is 0.321 e. The maximum atomic E-state index is 14.2. The van der Waals surface area contributed by atoms with E-state index < -0.39 is 11.9 Å². The van der Waals surface area contributed by atoms with Crippen LogP contribution < -0.4 is 16.0 Å². The highest BCUT2D eigenvalue weighted by molar-refractivity contribution is 6.24. The monoisotopic (exact) mass is 666 g/mol. The lowest BCUT2D eigenvalue weighted by molar-refractivity contribution is -0.143. The zero-order valence-electron chi connectivity index (χ0n) is 29.6. The van der Waals surface area contributed by atoms with E-state index in [0.717, 1.165) is 73.3 Å². The molecule has 3 atom stereocenters. The van der Waals surface area contributed by atoms with Crippen molar-refractivity contribution in [2.45, 2.75) is 74.3 Å². The molecule has 10 heteroatoms. The number of aromatic amines is 3. The van der Waals surface area contributed by atoms with Crippen LogP contribution in [-0.2, 0) is 32.1 Å². The van der Waals surface area contributed by atoms with Gasteiger partial charge in [-0.05, 0) is 94.0 Å².